The van der Waals surface area contributed by atoms with Gasteiger partial charge in [0.25, 0.3) is 0 Å². The second-order valence-electron chi connectivity index (χ2n) is 5.44. The minimum Gasteiger partial charge on any atom is -0.255 e. The predicted octanol–water partition coefficient (Wildman–Crippen LogP) is 11.6. The Morgan fingerprint density at radius 2 is 0.862 bits per heavy atom. The van der Waals surface area contributed by atoms with E-state index in [1.165, 1.54) is 6.20 Å². The third kappa shape index (κ3) is 4.39. The molecule has 0 unspecified atom stereocenters. The molecular formula is C17H2Cl10IN. The van der Waals surface area contributed by atoms with Crippen molar-refractivity contribution in [2.24, 2.45) is 0 Å². The quantitative estimate of drug-likeness (QED) is 0.147. The van der Waals surface area contributed by atoms with Crippen LogP contribution in [0.3, 0.4) is 0 Å². The van der Waals surface area contributed by atoms with Gasteiger partial charge in [-0.2, -0.15) is 0 Å². The Balaban J connectivity index is 2.26. The Labute approximate surface area is 229 Å². The van der Waals surface area contributed by atoms with Crippen molar-refractivity contribution >= 4 is 139 Å². The van der Waals surface area contributed by atoms with E-state index in [1.807, 2.05) is 0 Å². The lowest BCUT2D eigenvalue weighted by Crippen LogP contribution is -1.95. The number of nitrogens with zero attached hydrogens (tertiary/aromatic N) is 1. The van der Waals surface area contributed by atoms with Crippen LogP contribution in [-0.2, 0) is 0 Å². The first-order valence-electron chi connectivity index (χ1n) is 7.18. The largest absolute Gasteiger partial charge is 0.255 e. The second-order valence-corrected chi connectivity index (χ2v) is 10.4. The first kappa shape index (κ1) is 24.9. The van der Waals surface area contributed by atoms with Crippen LogP contribution < -0.4 is 0 Å². The standard InChI is InChI=1S/C17H2Cl10IN/c18-8-6(9(19)13(23)16(26)12(8)22)3-2-29-5(1-4(3)28)7-10(20)14(24)17(27)15(25)11(7)21/h1-2H. The minimum atomic E-state index is 0.0578. The van der Waals surface area contributed by atoms with E-state index in [2.05, 4.69) is 27.6 Å². The SMILES string of the molecule is Clc1c(Cl)c(Cl)c(-c2cc(I)c(-c3c(Cl)c(Cl)c(Cl)c(Cl)c3Cl)cn2)c(Cl)c1Cl. The average molecular weight is 702 g/mol. The molecule has 0 saturated carbocycles. The van der Waals surface area contributed by atoms with Gasteiger partial charge in [-0.1, -0.05) is 116 Å². The summed E-state index contributed by atoms with van der Waals surface area (Å²) in [5.41, 5.74) is 1.71. The maximum absolute atomic E-state index is 6.37. The zero-order valence-electron chi connectivity index (χ0n) is 13.3. The molecule has 0 fully saturated rings. The summed E-state index contributed by atoms with van der Waals surface area (Å²) in [6.45, 7) is 0. The number of halogens is 11. The first-order chi connectivity index (χ1) is 13.5. The number of aromatic nitrogens is 1. The highest BCUT2D eigenvalue weighted by atomic mass is 127. The zero-order chi connectivity index (χ0) is 21.8. The third-order valence-electron chi connectivity index (χ3n) is 3.80. The number of pyridine rings is 1. The summed E-state index contributed by atoms with van der Waals surface area (Å²) in [6.07, 6.45) is 1.52. The summed E-state index contributed by atoms with van der Waals surface area (Å²) in [7, 11) is 0. The summed E-state index contributed by atoms with van der Waals surface area (Å²) >= 11 is 64.2. The third-order valence-corrected chi connectivity index (χ3v) is 9.24. The van der Waals surface area contributed by atoms with Crippen molar-refractivity contribution in [3.8, 4) is 22.4 Å². The summed E-state index contributed by atoms with van der Waals surface area (Å²) in [4.78, 5) is 4.41. The Morgan fingerprint density at radius 1 is 0.517 bits per heavy atom. The molecule has 1 aromatic heterocycles. The van der Waals surface area contributed by atoms with Crippen LogP contribution in [0.25, 0.3) is 22.4 Å². The highest BCUT2D eigenvalue weighted by Crippen LogP contribution is 2.51. The average Bonchev–Trinajstić information content (AvgIpc) is 2.69. The van der Waals surface area contributed by atoms with Crippen LogP contribution in [0, 0.1) is 3.57 Å². The molecule has 0 amide bonds. The van der Waals surface area contributed by atoms with Crippen LogP contribution in [0.4, 0.5) is 0 Å². The van der Waals surface area contributed by atoms with E-state index in [4.69, 9.17) is 116 Å². The van der Waals surface area contributed by atoms with Crippen LogP contribution in [0.2, 0.25) is 50.2 Å². The molecule has 3 aromatic rings. The van der Waals surface area contributed by atoms with Crippen LogP contribution in [-0.4, -0.2) is 4.98 Å². The monoisotopic (exact) mass is 697 g/mol. The Bertz CT molecular complexity index is 1120. The van der Waals surface area contributed by atoms with Crippen molar-refractivity contribution in [3.05, 3.63) is 66.1 Å². The molecule has 0 aliphatic rings. The van der Waals surface area contributed by atoms with Crippen LogP contribution >= 0.6 is 139 Å². The molecule has 29 heavy (non-hydrogen) atoms. The van der Waals surface area contributed by atoms with Gasteiger partial charge in [0.1, 0.15) is 0 Å². The molecule has 152 valence electrons. The fourth-order valence-electron chi connectivity index (χ4n) is 2.42. The molecule has 2 aromatic carbocycles. The molecule has 0 bridgehead atoms. The lowest BCUT2D eigenvalue weighted by atomic mass is 10.1. The van der Waals surface area contributed by atoms with Gasteiger partial charge in [-0.25, -0.2) is 0 Å². The van der Waals surface area contributed by atoms with Gasteiger partial charge in [0, 0.05) is 26.5 Å². The topological polar surface area (TPSA) is 12.9 Å². The fourth-order valence-corrected chi connectivity index (χ4v) is 5.80. The normalized spacial score (nSPS) is 11.3. The number of hydrogen-bond donors (Lipinski definition) is 0. The van der Waals surface area contributed by atoms with Gasteiger partial charge in [-0.05, 0) is 28.7 Å². The van der Waals surface area contributed by atoms with E-state index in [0.717, 1.165) is 0 Å². The van der Waals surface area contributed by atoms with Crippen molar-refractivity contribution in [3.63, 3.8) is 0 Å². The van der Waals surface area contributed by atoms with E-state index in [0.29, 0.717) is 26.0 Å². The van der Waals surface area contributed by atoms with Gasteiger partial charge >= 0.3 is 0 Å². The van der Waals surface area contributed by atoms with Gasteiger partial charge < -0.3 is 0 Å². The Kier molecular flexibility index (Phi) is 8.23. The smallest absolute Gasteiger partial charge is 0.0809 e. The molecule has 0 saturated heterocycles. The van der Waals surface area contributed by atoms with Gasteiger partial charge in [0.05, 0.1) is 55.9 Å². The Hall–Kier alpha value is 1.22. The predicted molar refractivity (Wildman–Crippen MR) is 138 cm³/mol. The number of rotatable bonds is 2. The number of benzene rings is 2. The fraction of sp³-hybridized carbons (Fsp3) is 0. The van der Waals surface area contributed by atoms with Crippen LogP contribution in [0.5, 0.6) is 0 Å². The summed E-state index contributed by atoms with van der Waals surface area (Å²) in [5.74, 6) is 0. The number of hydrogen-bond acceptors (Lipinski definition) is 1. The van der Waals surface area contributed by atoms with Gasteiger partial charge in [-0.3, -0.25) is 4.98 Å². The lowest BCUT2D eigenvalue weighted by molar-refractivity contribution is 1.31. The van der Waals surface area contributed by atoms with Crippen LogP contribution in [0.15, 0.2) is 12.3 Å². The highest BCUT2D eigenvalue weighted by molar-refractivity contribution is 14.1. The van der Waals surface area contributed by atoms with E-state index in [9.17, 15) is 0 Å². The molecule has 0 N–H and O–H groups in total. The first-order valence-corrected chi connectivity index (χ1v) is 12.0. The van der Waals surface area contributed by atoms with E-state index < -0.39 is 0 Å². The van der Waals surface area contributed by atoms with E-state index in [1.54, 1.807) is 6.07 Å². The van der Waals surface area contributed by atoms with Gasteiger partial charge in [0.15, 0.2) is 0 Å². The molecule has 0 aliphatic carbocycles. The molecule has 1 nitrogen and oxygen atoms in total. The zero-order valence-corrected chi connectivity index (χ0v) is 23.0. The van der Waals surface area contributed by atoms with E-state index >= 15 is 0 Å². The maximum atomic E-state index is 6.37. The lowest BCUT2D eigenvalue weighted by Gasteiger charge is -2.16. The molecule has 0 spiro atoms. The van der Waals surface area contributed by atoms with Crippen molar-refractivity contribution < 1.29 is 0 Å². The van der Waals surface area contributed by atoms with Crippen molar-refractivity contribution in [1.29, 1.82) is 0 Å². The summed E-state index contributed by atoms with van der Waals surface area (Å²) in [5, 5.41) is 0.964. The minimum absolute atomic E-state index is 0.0578. The highest BCUT2D eigenvalue weighted by Gasteiger charge is 2.25. The summed E-state index contributed by atoms with van der Waals surface area (Å²) in [6, 6.07) is 1.70. The molecule has 12 heteroatoms. The van der Waals surface area contributed by atoms with Crippen molar-refractivity contribution in [2.45, 2.75) is 0 Å². The van der Waals surface area contributed by atoms with Gasteiger partial charge in [-0.15, -0.1) is 0 Å². The summed E-state index contributed by atoms with van der Waals surface area (Å²) < 4.78 is 0.695. The molecule has 3 rings (SSSR count). The molecular weight excluding hydrogens is 700 g/mol. The molecule has 0 radical (unpaired) electrons. The second kappa shape index (κ2) is 9.61. The van der Waals surface area contributed by atoms with Crippen molar-refractivity contribution in [2.75, 3.05) is 0 Å². The van der Waals surface area contributed by atoms with E-state index in [-0.39, 0.29) is 50.2 Å². The molecule has 0 aliphatic heterocycles. The Morgan fingerprint density at radius 3 is 1.24 bits per heavy atom. The van der Waals surface area contributed by atoms with Crippen molar-refractivity contribution in [1.82, 2.24) is 4.98 Å². The molecule has 0 atom stereocenters. The van der Waals surface area contributed by atoms with Gasteiger partial charge in [0.2, 0.25) is 0 Å². The molecule has 1 heterocycles. The maximum Gasteiger partial charge on any atom is 0.0809 e. The van der Waals surface area contributed by atoms with Crippen LogP contribution in [0.1, 0.15) is 0 Å².